The van der Waals surface area contributed by atoms with Gasteiger partial charge >= 0.3 is 0 Å². The first-order valence-electron chi connectivity index (χ1n) is 17.0. The Labute approximate surface area is 361 Å². The fourth-order valence-electron chi connectivity index (χ4n) is 7.18. The Morgan fingerprint density at radius 1 is 0.393 bits per heavy atom. The molecule has 12 heteroatoms. The van der Waals surface area contributed by atoms with Crippen molar-refractivity contribution in [1.29, 1.82) is 0 Å². The summed E-state index contributed by atoms with van der Waals surface area (Å²) in [5, 5.41) is 2.83. The number of para-hydroxylation sites is 1. The number of hydrogen-bond acceptors (Lipinski definition) is 2. The summed E-state index contributed by atoms with van der Waals surface area (Å²) in [4.78, 5) is 13.7. The van der Waals surface area contributed by atoms with Crippen molar-refractivity contribution in [3.8, 4) is 39.1 Å². The molecule has 0 spiro atoms. The number of halogens is 8. The molecular weight excluding hydrogens is 868 g/mol. The van der Waals surface area contributed by atoms with E-state index in [4.69, 9.17) is 103 Å². The van der Waals surface area contributed by atoms with E-state index in [0.29, 0.717) is 107 Å². The third-order valence-electron chi connectivity index (χ3n) is 9.47. The maximum atomic E-state index is 7.24. The second kappa shape index (κ2) is 14.9. The molecule has 2 aliphatic heterocycles. The summed E-state index contributed by atoms with van der Waals surface area (Å²) in [5.41, 5.74) is 8.82. The average molecular weight is 890 g/mol. The predicted octanol–water partition coefficient (Wildman–Crippen LogP) is 16.3. The van der Waals surface area contributed by atoms with Crippen LogP contribution >= 0.6 is 92.8 Å². The highest BCUT2D eigenvalue weighted by Crippen LogP contribution is 2.55. The van der Waals surface area contributed by atoms with E-state index in [-0.39, 0.29) is 0 Å². The highest BCUT2D eigenvalue weighted by molar-refractivity contribution is 6.44. The lowest BCUT2D eigenvalue weighted by atomic mass is 9.92. The Hall–Kier alpha value is -4.20. The average Bonchev–Trinajstić information content (AvgIpc) is 3.96. The van der Waals surface area contributed by atoms with Crippen molar-refractivity contribution in [2.45, 2.75) is 0 Å². The molecular formula is C44H22Cl8N4. The van der Waals surface area contributed by atoms with Gasteiger partial charge in [-0.15, -0.1) is 0 Å². The van der Waals surface area contributed by atoms with Gasteiger partial charge in [-0.25, -0.2) is 9.97 Å². The Morgan fingerprint density at radius 3 is 1.32 bits per heavy atom. The number of nitrogens with one attached hydrogen (secondary N) is 1. The van der Waals surface area contributed by atoms with Crippen LogP contribution in [0.4, 0.5) is 0 Å². The Balaban J connectivity index is 1.71. The molecule has 1 N–H and O–H groups in total. The van der Waals surface area contributed by atoms with Crippen molar-refractivity contribution in [3.05, 3.63) is 166 Å². The molecule has 274 valence electrons. The third-order valence-corrected chi connectivity index (χ3v) is 12.0. The first-order chi connectivity index (χ1) is 27.1. The molecule has 0 saturated carbocycles. The molecule has 8 bridgehead atoms. The molecule has 9 rings (SSSR count). The van der Waals surface area contributed by atoms with Crippen molar-refractivity contribution in [2.75, 3.05) is 0 Å². The molecule has 0 atom stereocenters. The van der Waals surface area contributed by atoms with E-state index in [1.165, 1.54) is 0 Å². The van der Waals surface area contributed by atoms with Crippen LogP contribution in [0.2, 0.25) is 40.2 Å². The number of hydrogen-bond donors (Lipinski definition) is 1. The first-order valence-corrected chi connectivity index (χ1v) is 20.0. The Kier molecular flexibility index (Phi) is 9.98. The van der Waals surface area contributed by atoms with E-state index in [0.717, 1.165) is 16.7 Å². The zero-order chi connectivity index (χ0) is 38.8. The number of aromatic nitrogens is 4. The summed E-state index contributed by atoms with van der Waals surface area (Å²) in [6.45, 7) is 0. The van der Waals surface area contributed by atoms with E-state index in [1.54, 1.807) is 72.8 Å². The van der Waals surface area contributed by atoms with Crippen LogP contribution in [0, 0.1) is 0 Å². The number of nitrogens with zero attached hydrogens (tertiary/aromatic N) is 3. The minimum absolute atomic E-state index is 0.339. The van der Waals surface area contributed by atoms with Crippen LogP contribution in [0.25, 0.3) is 85.4 Å². The summed E-state index contributed by atoms with van der Waals surface area (Å²) in [5.74, 6) is 0. The van der Waals surface area contributed by atoms with Gasteiger partial charge in [-0.1, -0.05) is 117 Å². The van der Waals surface area contributed by atoms with Crippen LogP contribution in [0.15, 0.2) is 103 Å². The summed E-state index contributed by atoms with van der Waals surface area (Å²) < 4.78 is 1.95. The van der Waals surface area contributed by atoms with E-state index in [2.05, 4.69) is 4.98 Å². The number of aromatic amines is 1. The van der Waals surface area contributed by atoms with Crippen LogP contribution < -0.4 is 0 Å². The number of H-pyrrole nitrogens is 1. The zero-order valence-corrected chi connectivity index (χ0v) is 34.5. The molecule has 2 aliphatic rings. The SMILES string of the molecule is Clc1cccc(Cl)c1-c1c(-c2c(Cl)cccc2Cl)c2c(-c3c(Cl)cccc3Cl)c3nc(cc4ccc(cc5nc(cc1n2-c1c(Cl)cccc1Cl)C=C5)[nH]4)C=C3. The monoisotopic (exact) mass is 886 g/mol. The predicted molar refractivity (Wildman–Crippen MR) is 240 cm³/mol. The van der Waals surface area contributed by atoms with Gasteiger partial charge in [0, 0.05) is 64.5 Å². The first kappa shape index (κ1) is 37.4. The number of rotatable bonds is 4. The van der Waals surface area contributed by atoms with Crippen molar-refractivity contribution in [3.63, 3.8) is 0 Å². The molecule has 4 aromatic carbocycles. The van der Waals surface area contributed by atoms with Gasteiger partial charge in [-0.05, 0) is 103 Å². The molecule has 0 aliphatic carbocycles. The third kappa shape index (κ3) is 6.53. The second-order valence-corrected chi connectivity index (χ2v) is 16.2. The Bertz CT molecular complexity index is 2950. The highest BCUT2D eigenvalue weighted by atomic mass is 35.5. The number of fused-ring (bicyclic) bond motifs is 8. The standard InChI is InChI=1S/C44H22Cl8N4/c45-27-5-1-6-28(46)37(27)40-35-18-17-25(55-35)20-24-14-13-22(53-24)19-23-15-16-26(54-23)21-36-41(38-29(47)7-2-8-30(38)48)42(39-31(49)9-3-10-32(39)50)44(40)56(36)43-33(51)11-4-12-34(43)52/h1-21,53H. The molecule has 7 aromatic rings. The maximum absolute atomic E-state index is 7.24. The van der Waals surface area contributed by atoms with Gasteiger partial charge in [-0.2, -0.15) is 0 Å². The van der Waals surface area contributed by atoms with Crippen molar-refractivity contribution < 1.29 is 0 Å². The smallest absolute Gasteiger partial charge is 0.0836 e. The van der Waals surface area contributed by atoms with Gasteiger partial charge in [0.15, 0.2) is 0 Å². The molecule has 56 heavy (non-hydrogen) atoms. The summed E-state index contributed by atoms with van der Waals surface area (Å²) in [7, 11) is 0. The molecule has 5 heterocycles. The topological polar surface area (TPSA) is 46.5 Å². The summed E-state index contributed by atoms with van der Waals surface area (Å²) in [6, 6.07) is 31.1. The minimum atomic E-state index is 0.339. The fraction of sp³-hybridized carbons (Fsp3) is 0. The summed E-state index contributed by atoms with van der Waals surface area (Å²) in [6.07, 6.45) is 7.69. The highest BCUT2D eigenvalue weighted by Gasteiger charge is 2.32. The van der Waals surface area contributed by atoms with Gasteiger partial charge in [-0.3, -0.25) is 0 Å². The van der Waals surface area contributed by atoms with Crippen LogP contribution in [0.1, 0.15) is 22.8 Å². The molecule has 0 unspecified atom stereocenters. The molecule has 0 amide bonds. The molecule has 0 saturated heterocycles. The van der Waals surface area contributed by atoms with Crippen LogP contribution in [-0.4, -0.2) is 19.5 Å². The van der Waals surface area contributed by atoms with Crippen molar-refractivity contribution in [1.82, 2.24) is 19.5 Å². The van der Waals surface area contributed by atoms with E-state index < -0.39 is 0 Å². The lowest BCUT2D eigenvalue weighted by Crippen LogP contribution is -2.00. The lowest BCUT2D eigenvalue weighted by molar-refractivity contribution is 1.17. The minimum Gasteiger partial charge on any atom is -0.355 e. The normalized spacial score (nSPS) is 12.1. The van der Waals surface area contributed by atoms with Gasteiger partial charge in [0.25, 0.3) is 0 Å². The van der Waals surface area contributed by atoms with Gasteiger partial charge < -0.3 is 9.55 Å². The van der Waals surface area contributed by atoms with Crippen LogP contribution in [0.5, 0.6) is 0 Å². The van der Waals surface area contributed by atoms with Gasteiger partial charge in [0.1, 0.15) is 0 Å². The second-order valence-electron chi connectivity index (χ2n) is 12.9. The van der Waals surface area contributed by atoms with E-state index in [1.807, 2.05) is 59.2 Å². The maximum Gasteiger partial charge on any atom is 0.0836 e. The summed E-state index contributed by atoms with van der Waals surface area (Å²) >= 11 is 57.7. The Morgan fingerprint density at radius 2 is 0.804 bits per heavy atom. The zero-order valence-electron chi connectivity index (χ0n) is 28.5. The number of benzene rings is 4. The van der Waals surface area contributed by atoms with Crippen LogP contribution in [0.3, 0.4) is 0 Å². The largest absolute Gasteiger partial charge is 0.355 e. The van der Waals surface area contributed by atoms with E-state index >= 15 is 0 Å². The lowest BCUT2D eigenvalue weighted by Gasteiger charge is -2.17. The van der Waals surface area contributed by atoms with E-state index in [9.17, 15) is 0 Å². The molecule has 3 aromatic heterocycles. The van der Waals surface area contributed by atoms with Crippen molar-refractivity contribution >= 4 is 139 Å². The fourth-order valence-corrected chi connectivity index (χ4v) is 9.51. The van der Waals surface area contributed by atoms with Gasteiger partial charge in [0.05, 0.1) is 59.6 Å². The van der Waals surface area contributed by atoms with Crippen LogP contribution in [-0.2, 0) is 0 Å². The molecule has 4 nitrogen and oxygen atoms in total. The van der Waals surface area contributed by atoms with Gasteiger partial charge in [0.2, 0.25) is 0 Å². The van der Waals surface area contributed by atoms with Crippen molar-refractivity contribution in [2.24, 2.45) is 0 Å². The quantitative estimate of drug-likeness (QED) is 0.191. The molecule has 0 fully saturated rings. The molecule has 0 radical (unpaired) electrons.